The maximum absolute atomic E-state index is 9.45. The summed E-state index contributed by atoms with van der Waals surface area (Å²) in [5.74, 6) is 0. The maximum atomic E-state index is 9.45. The number of hydrogen-bond acceptors (Lipinski definition) is 3. The molecular formula is C7H16N2O. The van der Waals surface area contributed by atoms with Gasteiger partial charge in [0.2, 0.25) is 0 Å². The van der Waals surface area contributed by atoms with E-state index >= 15 is 0 Å². The summed E-state index contributed by atoms with van der Waals surface area (Å²) in [7, 11) is 0. The largest absolute Gasteiger partial charge is 0.391 e. The predicted molar refractivity (Wildman–Crippen MR) is 40.7 cm³/mol. The molecule has 3 heteroatoms. The van der Waals surface area contributed by atoms with Crippen molar-refractivity contribution in [3.63, 3.8) is 0 Å². The van der Waals surface area contributed by atoms with E-state index in [9.17, 15) is 5.11 Å². The van der Waals surface area contributed by atoms with Crippen molar-refractivity contribution in [1.29, 1.82) is 0 Å². The maximum Gasteiger partial charge on any atom is 0.0728 e. The third-order valence-corrected chi connectivity index (χ3v) is 2.43. The molecule has 0 aromatic heterocycles. The first kappa shape index (κ1) is 7.98. The molecule has 0 amide bonds. The average molecular weight is 144 g/mol. The van der Waals surface area contributed by atoms with Gasteiger partial charge in [-0.15, -0.1) is 0 Å². The smallest absolute Gasteiger partial charge is 0.0728 e. The monoisotopic (exact) mass is 144 g/mol. The van der Waals surface area contributed by atoms with E-state index in [0.717, 1.165) is 19.5 Å². The molecule has 2 atom stereocenters. The zero-order chi connectivity index (χ0) is 7.61. The molecule has 1 heterocycles. The summed E-state index contributed by atoms with van der Waals surface area (Å²) in [4.78, 5) is 0. The fourth-order valence-corrected chi connectivity index (χ4v) is 1.41. The first-order chi connectivity index (χ1) is 4.69. The van der Waals surface area contributed by atoms with Gasteiger partial charge in [0.15, 0.2) is 0 Å². The second-order valence-corrected chi connectivity index (χ2v) is 3.33. The second-order valence-electron chi connectivity index (χ2n) is 3.33. The predicted octanol–water partition coefficient (Wildman–Crippen LogP) is -0.694. The molecule has 0 aromatic rings. The van der Waals surface area contributed by atoms with Gasteiger partial charge in [0.05, 0.1) is 6.10 Å². The Labute approximate surface area is 61.6 Å². The van der Waals surface area contributed by atoms with Crippen LogP contribution in [0.5, 0.6) is 0 Å². The van der Waals surface area contributed by atoms with Crippen LogP contribution in [0.25, 0.3) is 0 Å². The summed E-state index contributed by atoms with van der Waals surface area (Å²) in [6.07, 6.45) is 0.688. The van der Waals surface area contributed by atoms with E-state index < -0.39 is 0 Å². The van der Waals surface area contributed by atoms with Crippen molar-refractivity contribution >= 4 is 0 Å². The molecule has 2 unspecified atom stereocenters. The van der Waals surface area contributed by atoms with Crippen LogP contribution in [0.2, 0.25) is 0 Å². The summed E-state index contributed by atoms with van der Waals surface area (Å²) in [5.41, 5.74) is 5.38. The molecule has 0 saturated carbocycles. The Kier molecular flexibility index (Phi) is 2.28. The lowest BCUT2D eigenvalue weighted by Gasteiger charge is -2.27. The van der Waals surface area contributed by atoms with Crippen LogP contribution in [0, 0.1) is 5.41 Å². The van der Waals surface area contributed by atoms with Crippen LogP contribution in [0.15, 0.2) is 0 Å². The van der Waals surface area contributed by atoms with E-state index in [1.54, 1.807) is 0 Å². The third-order valence-electron chi connectivity index (χ3n) is 2.43. The van der Waals surface area contributed by atoms with Gasteiger partial charge in [0.1, 0.15) is 0 Å². The first-order valence-electron chi connectivity index (χ1n) is 3.78. The van der Waals surface area contributed by atoms with Gasteiger partial charge in [0.25, 0.3) is 0 Å². The van der Waals surface area contributed by atoms with Crippen molar-refractivity contribution in [1.82, 2.24) is 5.32 Å². The van der Waals surface area contributed by atoms with Crippen molar-refractivity contribution in [2.24, 2.45) is 11.1 Å². The van der Waals surface area contributed by atoms with Gasteiger partial charge in [-0.25, -0.2) is 0 Å². The Morgan fingerprint density at radius 2 is 2.50 bits per heavy atom. The molecule has 0 radical (unpaired) electrons. The van der Waals surface area contributed by atoms with Crippen LogP contribution in [0.3, 0.4) is 0 Å². The van der Waals surface area contributed by atoms with Gasteiger partial charge in [-0.2, -0.15) is 0 Å². The van der Waals surface area contributed by atoms with Gasteiger partial charge in [0, 0.05) is 18.5 Å². The van der Waals surface area contributed by atoms with Crippen LogP contribution in [-0.2, 0) is 0 Å². The molecule has 1 saturated heterocycles. The Morgan fingerprint density at radius 3 is 2.90 bits per heavy atom. The fourth-order valence-electron chi connectivity index (χ4n) is 1.41. The van der Waals surface area contributed by atoms with Gasteiger partial charge in [-0.05, 0) is 13.0 Å². The molecule has 1 rings (SSSR count). The third kappa shape index (κ3) is 1.31. The Hall–Kier alpha value is -0.120. The summed E-state index contributed by atoms with van der Waals surface area (Å²) < 4.78 is 0. The topological polar surface area (TPSA) is 58.3 Å². The lowest BCUT2D eigenvalue weighted by Crippen LogP contribution is -2.39. The van der Waals surface area contributed by atoms with Gasteiger partial charge in [-0.1, -0.05) is 6.92 Å². The molecule has 60 valence electrons. The minimum atomic E-state index is -0.345. The summed E-state index contributed by atoms with van der Waals surface area (Å²) >= 11 is 0. The van der Waals surface area contributed by atoms with Gasteiger partial charge >= 0.3 is 0 Å². The molecule has 1 aliphatic rings. The standard InChI is InChI=1S/C7H16N2O/c1-7(6(10)4-8)2-3-9-5-7/h6,9-10H,2-5,8H2,1H3. The number of aliphatic hydroxyl groups excluding tert-OH is 1. The zero-order valence-corrected chi connectivity index (χ0v) is 6.43. The Balaban J connectivity index is 2.49. The van der Waals surface area contributed by atoms with E-state index in [4.69, 9.17) is 5.73 Å². The van der Waals surface area contributed by atoms with Crippen LogP contribution in [0.1, 0.15) is 13.3 Å². The highest BCUT2D eigenvalue weighted by molar-refractivity contribution is 4.89. The molecule has 0 spiro atoms. The molecule has 0 aromatic carbocycles. The average Bonchev–Trinajstić information content (AvgIpc) is 2.36. The number of nitrogens with one attached hydrogen (secondary N) is 1. The second kappa shape index (κ2) is 2.86. The number of hydrogen-bond donors (Lipinski definition) is 3. The highest BCUT2D eigenvalue weighted by atomic mass is 16.3. The molecular weight excluding hydrogens is 128 g/mol. The molecule has 0 aliphatic carbocycles. The highest BCUT2D eigenvalue weighted by Gasteiger charge is 2.34. The van der Waals surface area contributed by atoms with Crippen molar-refractivity contribution in [3.8, 4) is 0 Å². The molecule has 3 nitrogen and oxygen atoms in total. The van der Waals surface area contributed by atoms with E-state index in [1.807, 2.05) is 0 Å². The quantitative estimate of drug-likeness (QED) is 0.480. The van der Waals surface area contributed by atoms with E-state index in [0.29, 0.717) is 6.54 Å². The van der Waals surface area contributed by atoms with Crippen LogP contribution in [0.4, 0.5) is 0 Å². The van der Waals surface area contributed by atoms with Crippen LogP contribution in [-0.4, -0.2) is 30.8 Å². The molecule has 1 aliphatic heterocycles. The van der Waals surface area contributed by atoms with E-state index in [2.05, 4.69) is 12.2 Å². The minimum Gasteiger partial charge on any atom is -0.391 e. The molecule has 4 N–H and O–H groups in total. The summed E-state index contributed by atoms with van der Waals surface area (Å²) in [5, 5.41) is 12.7. The highest BCUT2D eigenvalue weighted by Crippen LogP contribution is 2.27. The lowest BCUT2D eigenvalue weighted by atomic mass is 9.83. The van der Waals surface area contributed by atoms with Gasteiger partial charge in [-0.3, -0.25) is 0 Å². The Bertz CT molecular complexity index is 110. The normalized spacial score (nSPS) is 36.3. The van der Waals surface area contributed by atoms with Gasteiger partial charge < -0.3 is 16.2 Å². The fraction of sp³-hybridized carbons (Fsp3) is 1.00. The number of nitrogens with two attached hydrogens (primary N) is 1. The number of rotatable bonds is 2. The van der Waals surface area contributed by atoms with Crippen LogP contribution < -0.4 is 11.1 Å². The van der Waals surface area contributed by atoms with Crippen molar-refractivity contribution < 1.29 is 5.11 Å². The summed E-state index contributed by atoms with van der Waals surface area (Å²) in [6.45, 7) is 4.35. The first-order valence-corrected chi connectivity index (χ1v) is 3.78. The minimum absolute atomic E-state index is 0.0226. The lowest BCUT2D eigenvalue weighted by molar-refractivity contribution is 0.0586. The Morgan fingerprint density at radius 1 is 1.80 bits per heavy atom. The zero-order valence-electron chi connectivity index (χ0n) is 6.43. The number of aliphatic hydroxyl groups is 1. The van der Waals surface area contributed by atoms with E-state index in [1.165, 1.54) is 0 Å². The van der Waals surface area contributed by atoms with Crippen molar-refractivity contribution in [2.45, 2.75) is 19.4 Å². The SMILES string of the molecule is CC1(C(O)CN)CCNC1. The summed E-state index contributed by atoms with van der Waals surface area (Å²) in [6, 6.07) is 0. The van der Waals surface area contributed by atoms with Crippen LogP contribution >= 0.6 is 0 Å². The van der Waals surface area contributed by atoms with E-state index in [-0.39, 0.29) is 11.5 Å². The van der Waals surface area contributed by atoms with Crippen molar-refractivity contribution in [3.05, 3.63) is 0 Å². The van der Waals surface area contributed by atoms with Crippen molar-refractivity contribution in [2.75, 3.05) is 19.6 Å². The molecule has 0 bridgehead atoms. The molecule has 10 heavy (non-hydrogen) atoms. The molecule has 1 fully saturated rings.